The van der Waals surface area contributed by atoms with Gasteiger partial charge in [-0.05, 0) is 44.8 Å². The maximum atomic E-state index is 5.42. The Morgan fingerprint density at radius 1 is 1.29 bits per heavy atom. The zero-order valence-corrected chi connectivity index (χ0v) is 14.2. The molecule has 21 heavy (non-hydrogen) atoms. The van der Waals surface area contributed by atoms with Gasteiger partial charge >= 0.3 is 0 Å². The summed E-state index contributed by atoms with van der Waals surface area (Å²) in [7, 11) is 2.08. The van der Waals surface area contributed by atoms with Crippen LogP contribution in [0.15, 0.2) is 24.3 Å². The Bertz CT molecular complexity index is 643. The predicted octanol–water partition coefficient (Wildman–Crippen LogP) is 3.85. The minimum absolute atomic E-state index is 0.123. The molecule has 0 saturated carbocycles. The normalized spacial score (nSPS) is 12.0. The summed E-state index contributed by atoms with van der Waals surface area (Å²) in [5.41, 5.74) is 1.53. The fourth-order valence-corrected chi connectivity index (χ4v) is 3.45. The first-order valence-corrected chi connectivity index (χ1v) is 8.08. The summed E-state index contributed by atoms with van der Waals surface area (Å²) in [6, 6.07) is 8.63. The molecule has 0 spiro atoms. The fraction of sp³-hybridized carbons (Fsp3) is 0.444. The first-order chi connectivity index (χ1) is 9.90. The summed E-state index contributed by atoms with van der Waals surface area (Å²) in [4.78, 5) is 3.60. The van der Waals surface area contributed by atoms with Crippen LogP contribution < -0.4 is 5.32 Å². The van der Waals surface area contributed by atoms with Crippen molar-refractivity contribution in [2.45, 2.75) is 39.4 Å². The molecule has 0 aliphatic carbocycles. The Balaban J connectivity index is 2.32. The third kappa shape index (κ3) is 4.31. The number of benzene rings is 1. The summed E-state index contributed by atoms with van der Waals surface area (Å²) in [6.07, 6.45) is 5.42. The maximum Gasteiger partial charge on any atom is 0.0599 e. The molecule has 3 heteroatoms. The monoisotopic (exact) mass is 300 g/mol. The van der Waals surface area contributed by atoms with Crippen LogP contribution in [0.25, 0.3) is 10.1 Å². The Hall–Kier alpha value is -1.34. The zero-order valence-electron chi connectivity index (χ0n) is 13.4. The molecular formula is C18H24N2S. The van der Waals surface area contributed by atoms with Gasteiger partial charge in [-0.1, -0.05) is 24.1 Å². The number of hydrogen-bond acceptors (Lipinski definition) is 3. The highest BCUT2D eigenvalue weighted by molar-refractivity contribution is 7.19. The van der Waals surface area contributed by atoms with E-state index in [1.54, 1.807) is 0 Å². The number of thiophene rings is 1. The molecule has 2 nitrogen and oxygen atoms in total. The molecule has 2 rings (SSSR count). The van der Waals surface area contributed by atoms with Crippen molar-refractivity contribution in [3.63, 3.8) is 0 Å². The van der Waals surface area contributed by atoms with Crippen molar-refractivity contribution in [3.8, 4) is 12.3 Å². The van der Waals surface area contributed by atoms with Gasteiger partial charge in [-0.2, -0.15) is 0 Å². The van der Waals surface area contributed by atoms with Gasteiger partial charge in [-0.15, -0.1) is 17.8 Å². The van der Waals surface area contributed by atoms with E-state index < -0.39 is 0 Å². The molecule has 0 fully saturated rings. The van der Waals surface area contributed by atoms with Gasteiger partial charge in [0.05, 0.1) is 6.54 Å². The summed E-state index contributed by atoms with van der Waals surface area (Å²) in [5.74, 6) is 2.72. The lowest BCUT2D eigenvalue weighted by atomic mass is 10.1. The van der Waals surface area contributed by atoms with Crippen molar-refractivity contribution in [2.24, 2.45) is 0 Å². The van der Waals surface area contributed by atoms with E-state index in [0.29, 0.717) is 6.54 Å². The van der Waals surface area contributed by atoms with Crippen LogP contribution in [0.3, 0.4) is 0 Å². The van der Waals surface area contributed by atoms with Gasteiger partial charge in [0.25, 0.3) is 0 Å². The first-order valence-electron chi connectivity index (χ1n) is 7.27. The Morgan fingerprint density at radius 2 is 2.00 bits per heavy atom. The number of fused-ring (bicyclic) bond motifs is 1. The van der Waals surface area contributed by atoms with Crippen LogP contribution in [0.1, 0.15) is 31.2 Å². The van der Waals surface area contributed by atoms with E-state index in [-0.39, 0.29) is 5.54 Å². The second-order valence-corrected chi connectivity index (χ2v) is 7.62. The van der Waals surface area contributed by atoms with Gasteiger partial charge in [-0.3, -0.25) is 4.90 Å². The minimum atomic E-state index is 0.123. The average Bonchev–Trinajstić information content (AvgIpc) is 2.74. The van der Waals surface area contributed by atoms with Crippen LogP contribution in [-0.4, -0.2) is 24.0 Å². The zero-order chi connectivity index (χ0) is 15.5. The largest absolute Gasteiger partial charge is 0.307 e. The summed E-state index contributed by atoms with van der Waals surface area (Å²) < 4.78 is 1.35. The van der Waals surface area contributed by atoms with Crippen molar-refractivity contribution >= 4 is 21.4 Å². The summed E-state index contributed by atoms with van der Waals surface area (Å²) in [6.45, 7) is 9.08. The third-order valence-corrected chi connectivity index (χ3v) is 4.56. The number of nitrogens with zero attached hydrogens (tertiary/aromatic N) is 1. The van der Waals surface area contributed by atoms with E-state index in [2.05, 4.69) is 68.2 Å². The fourth-order valence-electron chi connectivity index (χ4n) is 2.29. The number of rotatable bonds is 5. The van der Waals surface area contributed by atoms with Crippen molar-refractivity contribution in [2.75, 3.05) is 13.6 Å². The van der Waals surface area contributed by atoms with Gasteiger partial charge in [0, 0.05) is 28.2 Å². The lowest BCUT2D eigenvalue weighted by Crippen LogP contribution is -2.35. The van der Waals surface area contributed by atoms with Crippen LogP contribution in [0.4, 0.5) is 0 Å². The molecule has 1 heterocycles. The highest BCUT2D eigenvalue weighted by atomic mass is 32.1. The van der Waals surface area contributed by atoms with E-state index in [0.717, 1.165) is 13.1 Å². The molecule has 1 aromatic carbocycles. The number of terminal acetylenes is 1. The van der Waals surface area contributed by atoms with Gasteiger partial charge in [0.15, 0.2) is 0 Å². The number of nitrogens with one attached hydrogen (secondary N) is 1. The smallest absolute Gasteiger partial charge is 0.0599 e. The van der Waals surface area contributed by atoms with E-state index in [9.17, 15) is 0 Å². The summed E-state index contributed by atoms with van der Waals surface area (Å²) >= 11 is 1.88. The summed E-state index contributed by atoms with van der Waals surface area (Å²) in [5, 5.41) is 4.95. The predicted molar refractivity (Wildman–Crippen MR) is 93.6 cm³/mol. The Labute approximate surface area is 132 Å². The quantitative estimate of drug-likeness (QED) is 0.844. The molecule has 0 aliphatic heterocycles. The Morgan fingerprint density at radius 3 is 2.67 bits per heavy atom. The second kappa shape index (κ2) is 6.62. The van der Waals surface area contributed by atoms with Crippen molar-refractivity contribution in [3.05, 3.63) is 34.7 Å². The minimum Gasteiger partial charge on any atom is -0.307 e. The van der Waals surface area contributed by atoms with Crippen molar-refractivity contribution < 1.29 is 0 Å². The van der Waals surface area contributed by atoms with Crippen LogP contribution in [-0.2, 0) is 13.1 Å². The molecule has 112 valence electrons. The van der Waals surface area contributed by atoms with E-state index in [1.165, 1.54) is 20.5 Å². The first kappa shape index (κ1) is 16.0. The van der Waals surface area contributed by atoms with Crippen molar-refractivity contribution in [1.29, 1.82) is 0 Å². The topological polar surface area (TPSA) is 15.3 Å². The molecule has 2 aromatic rings. The second-order valence-electron chi connectivity index (χ2n) is 6.48. The highest BCUT2D eigenvalue weighted by Gasteiger charge is 2.16. The lowest BCUT2D eigenvalue weighted by molar-refractivity contribution is 0.367. The molecular weight excluding hydrogens is 276 g/mol. The molecule has 1 N–H and O–H groups in total. The molecule has 0 atom stereocenters. The molecule has 0 aliphatic rings. The van der Waals surface area contributed by atoms with Crippen molar-refractivity contribution in [1.82, 2.24) is 10.2 Å². The van der Waals surface area contributed by atoms with Gasteiger partial charge in [0.1, 0.15) is 0 Å². The molecule has 0 unspecified atom stereocenters. The van der Waals surface area contributed by atoms with Crippen LogP contribution in [0, 0.1) is 12.3 Å². The van der Waals surface area contributed by atoms with Crippen LogP contribution in [0.5, 0.6) is 0 Å². The van der Waals surface area contributed by atoms with Crippen LogP contribution >= 0.6 is 11.3 Å². The van der Waals surface area contributed by atoms with E-state index in [1.807, 2.05) is 11.3 Å². The Kier molecular flexibility index (Phi) is 5.05. The molecule has 0 amide bonds. The van der Waals surface area contributed by atoms with E-state index in [4.69, 9.17) is 6.42 Å². The maximum absolute atomic E-state index is 5.42. The lowest BCUT2D eigenvalue weighted by Gasteiger charge is -2.21. The SMILES string of the molecule is C#CCN(C)Cc1c(CNC(C)(C)C)sc2ccccc12. The molecule has 0 radical (unpaired) electrons. The molecule has 0 bridgehead atoms. The highest BCUT2D eigenvalue weighted by Crippen LogP contribution is 2.32. The standard InChI is InChI=1S/C18H24N2S/c1-6-11-20(5)13-15-14-9-7-8-10-16(14)21-17(15)12-19-18(2,3)4/h1,7-10,19H,11-13H2,2-5H3. The van der Waals surface area contributed by atoms with Gasteiger partial charge in [0.2, 0.25) is 0 Å². The van der Waals surface area contributed by atoms with Crippen LogP contribution in [0.2, 0.25) is 0 Å². The van der Waals surface area contributed by atoms with Gasteiger partial charge < -0.3 is 5.32 Å². The van der Waals surface area contributed by atoms with E-state index >= 15 is 0 Å². The molecule has 0 saturated heterocycles. The number of hydrogen-bond donors (Lipinski definition) is 1. The average molecular weight is 300 g/mol. The van der Waals surface area contributed by atoms with Gasteiger partial charge in [-0.25, -0.2) is 0 Å². The third-order valence-electron chi connectivity index (χ3n) is 3.35. The molecule has 1 aromatic heterocycles.